The summed E-state index contributed by atoms with van der Waals surface area (Å²) in [6.07, 6.45) is 0. The first-order valence-electron chi connectivity index (χ1n) is 2.90. The van der Waals surface area contributed by atoms with Gasteiger partial charge < -0.3 is 5.02 Å². The van der Waals surface area contributed by atoms with Gasteiger partial charge in [0.25, 0.3) is 0 Å². The Morgan fingerprint density at radius 2 is 1.73 bits per heavy atom. The van der Waals surface area contributed by atoms with Crippen LogP contribution in [-0.4, -0.2) is 12.5 Å². The zero-order valence-electron chi connectivity index (χ0n) is 5.44. The van der Waals surface area contributed by atoms with E-state index in [4.69, 9.17) is 5.02 Å². The van der Waals surface area contributed by atoms with Gasteiger partial charge in [-0.3, -0.25) is 0 Å². The predicted molar refractivity (Wildman–Crippen MR) is 35.3 cm³/mol. The Balaban J connectivity index is 3.25. The van der Waals surface area contributed by atoms with Crippen molar-refractivity contribution < 1.29 is 18.2 Å². The van der Waals surface area contributed by atoms with E-state index in [0.717, 1.165) is 12.1 Å². The third kappa shape index (κ3) is 1.37. The minimum atomic E-state index is -1.54. The minimum Gasteiger partial charge on any atom is -0.449 e. The molecule has 58 valence electrons. The molecular weight excluding hydrogens is 156 g/mol. The summed E-state index contributed by atoms with van der Waals surface area (Å²) < 4.78 is 37.0. The predicted octanol–water partition coefficient (Wildman–Crippen LogP) is 0.0730. The molecule has 0 saturated heterocycles. The highest BCUT2D eigenvalue weighted by Crippen LogP contribution is 2.06. The second-order valence-electron chi connectivity index (χ2n) is 1.99. The summed E-state index contributed by atoms with van der Waals surface area (Å²) in [5.74, 6) is -4.12. The van der Waals surface area contributed by atoms with Gasteiger partial charge in [0.05, 0.1) is 0 Å². The van der Waals surface area contributed by atoms with Crippen LogP contribution < -0.4 is 5.46 Å². The average molecular weight is 160 g/mol. The van der Waals surface area contributed by atoms with Crippen LogP contribution in [0.4, 0.5) is 13.2 Å². The van der Waals surface area contributed by atoms with Gasteiger partial charge in [-0.25, -0.2) is 13.2 Å². The van der Waals surface area contributed by atoms with E-state index in [1.165, 1.54) is 0 Å². The van der Waals surface area contributed by atoms with E-state index in [1.807, 2.05) is 0 Å². The van der Waals surface area contributed by atoms with Crippen LogP contribution in [0.3, 0.4) is 0 Å². The van der Waals surface area contributed by atoms with Crippen LogP contribution >= 0.6 is 0 Å². The van der Waals surface area contributed by atoms with Gasteiger partial charge >= 0.3 is 7.48 Å². The monoisotopic (exact) mass is 160 g/mol. The molecule has 0 aromatic heterocycles. The fraction of sp³-hybridized carbons (Fsp3) is 0. The minimum absolute atomic E-state index is 0.246. The van der Waals surface area contributed by atoms with Crippen molar-refractivity contribution in [1.29, 1.82) is 0 Å². The molecule has 1 rings (SSSR count). The first-order chi connectivity index (χ1) is 5.16. The number of halogens is 3. The molecule has 0 bridgehead atoms. The van der Waals surface area contributed by atoms with Crippen molar-refractivity contribution in [3.63, 3.8) is 0 Å². The van der Waals surface area contributed by atoms with Crippen molar-refractivity contribution in [1.82, 2.24) is 0 Å². The maximum atomic E-state index is 12.5. The molecule has 0 amide bonds. The molecule has 0 radical (unpaired) electrons. The normalized spacial score (nSPS) is 9.82. The standard InChI is InChI=1S/C6H4BF3O/c8-4-2-1-3(7-11)5(9)6(4)10/h1-2,7,11H. The van der Waals surface area contributed by atoms with E-state index in [-0.39, 0.29) is 5.46 Å². The summed E-state index contributed by atoms with van der Waals surface area (Å²) in [6.45, 7) is 0. The maximum absolute atomic E-state index is 12.5. The molecule has 0 spiro atoms. The molecule has 1 aromatic rings. The van der Waals surface area contributed by atoms with Gasteiger partial charge in [-0.15, -0.1) is 0 Å². The van der Waals surface area contributed by atoms with Gasteiger partial charge in [0.15, 0.2) is 17.5 Å². The largest absolute Gasteiger partial charge is 0.449 e. The summed E-state index contributed by atoms with van der Waals surface area (Å²) in [5, 5.41) is 8.40. The van der Waals surface area contributed by atoms with Crippen molar-refractivity contribution in [3.05, 3.63) is 29.6 Å². The summed E-state index contributed by atoms with van der Waals surface area (Å²) >= 11 is 0. The molecule has 1 nitrogen and oxygen atoms in total. The molecule has 5 heteroatoms. The SMILES string of the molecule is OBc1ccc(F)c(F)c1F. The molecular formula is C6H4BF3O. The van der Waals surface area contributed by atoms with E-state index in [9.17, 15) is 13.2 Å². The summed E-state index contributed by atoms with van der Waals surface area (Å²) in [6, 6.07) is 1.76. The van der Waals surface area contributed by atoms with Gasteiger partial charge in [0.2, 0.25) is 0 Å². The third-order valence-electron chi connectivity index (χ3n) is 1.29. The molecule has 0 fully saturated rings. The van der Waals surface area contributed by atoms with Crippen molar-refractivity contribution in [2.75, 3.05) is 0 Å². The highest BCUT2D eigenvalue weighted by atomic mass is 19.2. The zero-order chi connectivity index (χ0) is 8.43. The van der Waals surface area contributed by atoms with Crippen LogP contribution in [0, 0.1) is 17.5 Å². The molecule has 1 aromatic carbocycles. The third-order valence-corrected chi connectivity index (χ3v) is 1.29. The lowest BCUT2D eigenvalue weighted by molar-refractivity contribution is 0.449. The van der Waals surface area contributed by atoms with Crippen LogP contribution in [-0.2, 0) is 0 Å². The Bertz CT molecular complexity index is 277. The van der Waals surface area contributed by atoms with E-state index in [1.54, 1.807) is 0 Å². The topological polar surface area (TPSA) is 20.2 Å². The van der Waals surface area contributed by atoms with Crippen molar-refractivity contribution in [2.45, 2.75) is 0 Å². The molecule has 1 N–H and O–H groups in total. The van der Waals surface area contributed by atoms with Gasteiger partial charge in [-0.05, 0) is 11.5 Å². The second-order valence-corrected chi connectivity index (χ2v) is 1.99. The molecule has 0 saturated carbocycles. The second kappa shape index (κ2) is 2.96. The van der Waals surface area contributed by atoms with Crippen LogP contribution in [0.5, 0.6) is 0 Å². The summed E-state index contributed by atoms with van der Waals surface area (Å²) in [5.41, 5.74) is -0.246. The van der Waals surface area contributed by atoms with Crippen molar-refractivity contribution in [2.24, 2.45) is 0 Å². The lowest BCUT2D eigenvalue weighted by Crippen LogP contribution is -2.20. The number of hydrogen-bond acceptors (Lipinski definition) is 1. The Morgan fingerprint density at radius 3 is 2.27 bits per heavy atom. The van der Waals surface area contributed by atoms with Crippen LogP contribution in [0.2, 0.25) is 0 Å². The lowest BCUT2D eigenvalue weighted by atomic mass is 9.88. The zero-order valence-corrected chi connectivity index (χ0v) is 5.44. The van der Waals surface area contributed by atoms with Crippen LogP contribution in [0.1, 0.15) is 0 Å². The Kier molecular flexibility index (Phi) is 2.19. The quantitative estimate of drug-likeness (QED) is 0.455. The number of rotatable bonds is 1. The Morgan fingerprint density at radius 1 is 1.09 bits per heavy atom. The Hall–Kier alpha value is -0.965. The number of benzene rings is 1. The maximum Gasteiger partial charge on any atom is 0.307 e. The Labute approximate surface area is 61.7 Å². The molecule has 0 atom stereocenters. The molecule has 0 aliphatic rings. The van der Waals surface area contributed by atoms with E-state index in [0.29, 0.717) is 0 Å². The first-order valence-corrected chi connectivity index (χ1v) is 2.90. The average Bonchev–Trinajstić information content (AvgIpc) is 2.01. The summed E-state index contributed by atoms with van der Waals surface area (Å²) in [7, 11) is -0.636. The van der Waals surface area contributed by atoms with Crippen LogP contribution in [0.25, 0.3) is 0 Å². The number of hydrogen-bond donors (Lipinski definition) is 1. The highest BCUT2D eigenvalue weighted by molar-refractivity contribution is 6.45. The smallest absolute Gasteiger partial charge is 0.307 e. The van der Waals surface area contributed by atoms with Gasteiger partial charge in [0.1, 0.15) is 0 Å². The first kappa shape index (κ1) is 8.13. The van der Waals surface area contributed by atoms with Gasteiger partial charge in [-0.2, -0.15) is 0 Å². The van der Waals surface area contributed by atoms with Gasteiger partial charge in [0, 0.05) is 0 Å². The van der Waals surface area contributed by atoms with Crippen molar-refractivity contribution in [3.8, 4) is 0 Å². The van der Waals surface area contributed by atoms with Gasteiger partial charge in [-0.1, -0.05) is 6.07 Å². The molecule has 0 aliphatic carbocycles. The molecule has 0 aliphatic heterocycles. The fourth-order valence-electron chi connectivity index (χ4n) is 0.688. The summed E-state index contributed by atoms with van der Waals surface area (Å²) in [4.78, 5) is 0. The van der Waals surface area contributed by atoms with Crippen molar-refractivity contribution >= 4 is 12.9 Å². The fourth-order valence-corrected chi connectivity index (χ4v) is 0.688. The lowest BCUT2D eigenvalue weighted by Gasteiger charge is -1.98. The van der Waals surface area contributed by atoms with E-state index >= 15 is 0 Å². The molecule has 0 heterocycles. The molecule has 0 unspecified atom stereocenters. The highest BCUT2D eigenvalue weighted by Gasteiger charge is 2.12. The van der Waals surface area contributed by atoms with Crippen LogP contribution in [0.15, 0.2) is 12.1 Å². The molecule has 11 heavy (non-hydrogen) atoms. The van der Waals surface area contributed by atoms with E-state index in [2.05, 4.69) is 0 Å². The van der Waals surface area contributed by atoms with E-state index < -0.39 is 24.9 Å².